The third kappa shape index (κ3) is 4.49. The van der Waals surface area contributed by atoms with Crippen molar-refractivity contribution in [3.05, 3.63) is 30.1 Å². The molecule has 1 amide bonds. The highest BCUT2D eigenvalue weighted by atomic mass is 19.1. The summed E-state index contributed by atoms with van der Waals surface area (Å²) in [6, 6.07) is 5.61. The molecule has 0 fully saturated rings. The first-order valence-corrected chi connectivity index (χ1v) is 6.61. The van der Waals surface area contributed by atoms with Gasteiger partial charge in [-0.05, 0) is 17.5 Å². The van der Waals surface area contributed by atoms with Gasteiger partial charge >= 0.3 is 0 Å². The number of amides is 1. The standard InChI is InChI=1S/C15H23FN2O2/c1-15(2,3)13(17)14(19)18(4)9-10-20-12-8-6-5-7-11(12)16/h5-8,13H,9-10,17H2,1-4H3/t13-/m0/s1. The minimum absolute atomic E-state index is 0.144. The van der Waals surface area contributed by atoms with Gasteiger partial charge in [-0.1, -0.05) is 32.9 Å². The Morgan fingerprint density at radius 3 is 2.55 bits per heavy atom. The summed E-state index contributed by atoms with van der Waals surface area (Å²) < 4.78 is 18.6. The molecule has 0 unspecified atom stereocenters. The van der Waals surface area contributed by atoms with Gasteiger partial charge in [0.1, 0.15) is 6.61 Å². The first kappa shape index (κ1) is 16.4. The Kier molecular flexibility index (Phi) is 5.51. The van der Waals surface area contributed by atoms with E-state index in [0.717, 1.165) is 0 Å². The van der Waals surface area contributed by atoms with E-state index < -0.39 is 11.9 Å². The van der Waals surface area contributed by atoms with Crippen LogP contribution in [0.25, 0.3) is 0 Å². The molecule has 1 aromatic carbocycles. The summed E-state index contributed by atoms with van der Waals surface area (Å²) in [5.74, 6) is -0.365. The van der Waals surface area contributed by atoms with Gasteiger partial charge in [0.05, 0.1) is 12.6 Å². The largest absolute Gasteiger partial charge is 0.489 e. The number of para-hydroxylation sites is 1. The van der Waals surface area contributed by atoms with Crippen LogP contribution >= 0.6 is 0 Å². The van der Waals surface area contributed by atoms with E-state index in [1.54, 1.807) is 25.2 Å². The van der Waals surface area contributed by atoms with E-state index in [1.807, 2.05) is 20.8 Å². The number of nitrogens with zero attached hydrogens (tertiary/aromatic N) is 1. The Labute approximate surface area is 119 Å². The lowest BCUT2D eigenvalue weighted by atomic mass is 9.86. The Morgan fingerprint density at radius 1 is 1.40 bits per heavy atom. The second-order valence-electron chi connectivity index (χ2n) is 5.88. The van der Waals surface area contributed by atoms with Crippen LogP contribution in [0.3, 0.4) is 0 Å². The van der Waals surface area contributed by atoms with E-state index >= 15 is 0 Å². The zero-order valence-electron chi connectivity index (χ0n) is 12.5. The van der Waals surface area contributed by atoms with Crippen molar-refractivity contribution in [2.45, 2.75) is 26.8 Å². The quantitative estimate of drug-likeness (QED) is 0.899. The van der Waals surface area contributed by atoms with Crippen LogP contribution < -0.4 is 10.5 Å². The number of nitrogens with two attached hydrogens (primary N) is 1. The summed E-state index contributed by atoms with van der Waals surface area (Å²) in [5, 5.41) is 0. The Bertz CT molecular complexity index is 457. The Morgan fingerprint density at radius 2 is 2.00 bits per heavy atom. The van der Waals surface area contributed by atoms with Crippen LogP contribution in [0.15, 0.2) is 24.3 Å². The van der Waals surface area contributed by atoms with Crippen LogP contribution in [0.4, 0.5) is 4.39 Å². The molecule has 4 nitrogen and oxygen atoms in total. The molecule has 0 saturated carbocycles. The summed E-state index contributed by atoms with van der Waals surface area (Å²) in [6.07, 6.45) is 0. The van der Waals surface area contributed by atoms with E-state index in [2.05, 4.69) is 0 Å². The smallest absolute Gasteiger partial charge is 0.239 e. The molecule has 2 N–H and O–H groups in total. The lowest BCUT2D eigenvalue weighted by Gasteiger charge is -2.29. The van der Waals surface area contributed by atoms with Crippen molar-refractivity contribution in [3.8, 4) is 5.75 Å². The van der Waals surface area contributed by atoms with Crippen molar-refractivity contribution in [3.63, 3.8) is 0 Å². The van der Waals surface area contributed by atoms with Gasteiger partial charge in [-0.3, -0.25) is 4.79 Å². The van der Waals surface area contributed by atoms with Gasteiger partial charge < -0.3 is 15.4 Å². The molecule has 1 aromatic rings. The number of carbonyl (C=O) groups excluding carboxylic acids is 1. The molecule has 0 aliphatic heterocycles. The molecular weight excluding hydrogens is 259 g/mol. The van der Waals surface area contributed by atoms with Crippen molar-refractivity contribution in [1.82, 2.24) is 4.90 Å². The van der Waals surface area contributed by atoms with Crippen molar-refractivity contribution in [2.24, 2.45) is 11.1 Å². The Balaban J connectivity index is 2.46. The summed E-state index contributed by atoms with van der Waals surface area (Å²) in [7, 11) is 1.67. The van der Waals surface area contributed by atoms with Gasteiger partial charge in [-0.15, -0.1) is 0 Å². The molecule has 0 spiro atoms. The number of hydrogen-bond acceptors (Lipinski definition) is 3. The summed E-state index contributed by atoms with van der Waals surface area (Å²) in [4.78, 5) is 13.6. The molecule has 0 radical (unpaired) electrons. The van der Waals surface area contributed by atoms with Crippen molar-refractivity contribution >= 4 is 5.91 Å². The number of benzene rings is 1. The lowest BCUT2D eigenvalue weighted by molar-refractivity contribution is -0.133. The highest BCUT2D eigenvalue weighted by molar-refractivity contribution is 5.82. The molecule has 1 rings (SSSR count). The predicted octanol–water partition coefficient (Wildman–Crippen LogP) is 2.04. The number of ether oxygens (including phenoxy) is 1. The Hall–Kier alpha value is -1.62. The monoisotopic (exact) mass is 282 g/mol. The van der Waals surface area contributed by atoms with Gasteiger partial charge in [0.25, 0.3) is 0 Å². The summed E-state index contributed by atoms with van der Waals surface area (Å²) in [5.41, 5.74) is 5.62. The maximum absolute atomic E-state index is 13.3. The number of carbonyl (C=O) groups is 1. The van der Waals surface area contributed by atoms with E-state index in [0.29, 0.717) is 6.54 Å². The molecule has 0 heterocycles. The molecular formula is C15H23FN2O2. The molecule has 5 heteroatoms. The SMILES string of the molecule is CN(CCOc1ccccc1F)C(=O)[C@H](N)C(C)(C)C. The highest BCUT2D eigenvalue weighted by Crippen LogP contribution is 2.19. The topological polar surface area (TPSA) is 55.6 Å². The van der Waals surface area contributed by atoms with Gasteiger partial charge in [-0.2, -0.15) is 0 Å². The highest BCUT2D eigenvalue weighted by Gasteiger charge is 2.29. The molecule has 0 aliphatic carbocycles. The summed E-state index contributed by atoms with van der Waals surface area (Å²) >= 11 is 0. The van der Waals surface area contributed by atoms with Gasteiger partial charge in [-0.25, -0.2) is 4.39 Å². The molecule has 0 aliphatic rings. The zero-order valence-corrected chi connectivity index (χ0v) is 12.5. The lowest BCUT2D eigenvalue weighted by Crippen LogP contribution is -2.50. The maximum Gasteiger partial charge on any atom is 0.239 e. The fourth-order valence-electron chi connectivity index (χ4n) is 1.57. The van der Waals surface area contributed by atoms with E-state index in [9.17, 15) is 9.18 Å². The van der Waals surface area contributed by atoms with Crippen LogP contribution in [0.5, 0.6) is 5.75 Å². The first-order chi connectivity index (χ1) is 9.23. The van der Waals surface area contributed by atoms with Gasteiger partial charge in [0.2, 0.25) is 5.91 Å². The number of rotatable bonds is 5. The van der Waals surface area contributed by atoms with E-state index in [1.165, 1.54) is 11.0 Å². The normalized spacial score (nSPS) is 12.9. The number of halogens is 1. The zero-order chi connectivity index (χ0) is 15.3. The minimum Gasteiger partial charge on any atom is -0.489 e. The second kappa shape index (κ2) is 6.70. The van der Waals surface area contributed by atoms with Crippen LogP contribution in [0, 0.1) is 11.2 Å². The fraction of sp³-hybridized carbons (Fsp3) is 0.533. The van der Waals surface area contributed by atoms with Crippen LogP contribution in [-0.2, 0) is 4.79 Å². The fourth-order valence-corrected chi connectivity index (χ4v) is 1.57. The summed E-state index contributed by atoms with van der Waals surface area (Å²) in [6.45, 7) is 6.33. The average molecular weight is 282 g/mol. The van der Waals surface area contributed by atoms with E-state index in [4.69, 9.17) is 10.5 Å². The molecule has 0 aromatic heterocycles. The van der Waals surface area contributed by atoms with Crippen LogP contribution in [0.2, 0.25) is 0 Å². The van der Waals surface area contributed by atoms with Crippen molar-refractivity contribution < 1.29 is 13.9 Å². The predicted molar refractivity (Wildman–Crippen MR) is 77.0 cm³/mol. The molecule has 112 valence electrons. The second-order valence-corrected chi connectivity index (χ2v) is 5.88. The average Bonchev–Trinajstić information content (AvgIpc) is 2.38. The molecule has 20 heavy (non-hydrogen) atoms. The van der Waals surface area contributed by atoms with Crippen LogP contribution in [0.1, 0.15) is 20.8 Å². The van der Waals surface area contributed by atoms with Crippen molar-refractivity contribution in [2.75, 3.05) is 20.2 Å². The molecule has 0 saturated heterocycles. The van der Waals surface area contributed by atoms with Crippen LogP contribution in [-0.4, -0.2) is 37.0 Å². The number of likely N-dealkylation sites (N-methyl/N-ethyl adjacent to an activating group) is 1. The van der Waals surface area contributed by atoms with E-state index in [-0.39, 0.29) is 23.7 Å². The molecule has 1 atom stereocenters. The first-order valence-electron chi connectivity index (χ1n) is 6.61. The van der Waals surface area contributed by atoms with Gasteiger partial charge in [0.15, 0.2) is 11.6 Å². The number of hydrogen-bond donors (Lipinski definition) is 1. The maximum atomic E-state index is 13.3. The van der Waals surface area contributed by atoms with Gasteiger partial charge in [0, 0.05) is 7.05 Å². The molecule has 0 bridgehead atoms. The third-order valence-electron chi connectivity index (χ3n) is 3.10. The minimum atomic E-state index is -0.569. The van der Waals surface area contributed by atoms with Crippen molar-refractivity contribution in [1.29, 1.82) is 0 Å². The third-order valence-corrected chi connectivity index (χ3v) is 3.10.